The van der Waals surface area contributed by atoms with Crippen LogP contribution in [0, 0.1) is 5.92 Å². The second-order valence-corrected chi connectivity index (χ2v) is 5.95. The van der Waals surface area contributed by atoms with Gasteiger partial charge >= 0.3 is 0 Å². The molecule has 21 heavy (non-hydrogen) atoms. The minimum Gasteiger partial charge on any atom is -0.381 e. The predicted molar refractivity (Wildman–Crippen MR) is 85.1 cm³/mol. The molecule has 1 heterocycles. The van der Waals surface area contributed by atoms with Gasteiger partial charge in [-0.15, -0.1) is 0 Å². The highest BCUT2D eigenvalue weighted by Gasteiger charge is 2.20. The van der Waals surface area contributed by atoms with Crippen molar-refractivity contribution in [3.8, 4) is 0 Å². The van der Waals surface area contributed by atoms with Crippen LogP contribution in [-0.2, 0) is 11.3 Å². The molecule has 0 unspecified atom stereocenters. The highest BCUT2D eigenvalue weighted by atomic mass is 35.5. The molecule has 1 N–H and O–H groups in total. The van der Waals surface area contributed by atoms with Crippen LogP contribution in [0.4, 0.5) is 5.69 Å². The number of nitrogens with one attached hydrogen (secondary N) is 1. The van der Waals surface area contributed by atoms with Gasteiger partial charge in [0, 0.05) is 26.3 Å². The maximum atomic E-state index is 12.4. The molecule has 1 aliphatic rings. The predicted octanol–water partition coefficient (Wildman–Crippen LogP) is 2.93. The Balaban J connectivity index is 1.88. The topological polar surface area (TPSA) is 56.1 Å². The van der Waals surface area contributed by atoms with E-state index in [2.05, 4.69) is 17.3 Å². The van der Waals surface area contributed by atoms with Crippen molar-refractivity contribution >= 4 is 17.3 Å². The van der Waals surface area contributed by atoms with Crippen LogP contribution in [0.5, 0.6) is 0 Å². The zero-order valence-corrected chi connectivity index (χ0v) is 13.4. The molecule has 0 saturated heterocycles. The summed E-state index contributed by atoms with van der Waals surface area (Å²) in [5.74, 6) is 0.590. The first-order valence-corrected chi connectivity index (χ1v) is 8.17. The van der Waals surface area contributed by atoms with E-state index >= 15 is 0 Å². The Morgan fingerprint density at radius 2 is 2.29 bits per heavy atom. The molecular weight excluding hydrogens is 290 g/mol. The van der Waals surface area contributed by atoms with E-state index in [0.29, 0.717) is 36.3 Å². The van der Waals surface area contributed by atoms with Gasteiger partial charge in [-0.1, -0.05) is 24.9 Å². The Morgan fingerprint density at radius 3 is 2.95 bits per heavy atom. The first-order valence-electron chi connectivity index (χ1n) is 7.79. The van der Waals surface area contributed by atoms with E-state index in [4.69, 9.17) is 16.3 Å². The molecule has 1 aromatic rings. The normalized spacial score (nSPS) is 15.0. The van der Waals surface area contributed by atoms with Crippen molar-refractivity contribution in [2.45, 2.75) is 45.6 Å². The fourth-order valence-electron chi connectivity index (χ4n) is 2.31. The second kappa shape index (κ2) is 8.39. The minimum absolute atomic E-state index is 0.121. The Bertz CT molecular complexity index is 500. The first-order chi connectivity index (χ1) is 10.2. The van der Waals surface area contributed by atoms with Crippen LogP contribution < -0.4 is 10.9 Å². The quantitative estimate of drug-likeness (QED) is 0.712. The fourth-order valence-corrected chi connectivity index (χ4v) is 2.50. The van der Waals surface area contributed by atoms with Gasteiger partial charge in [0.15, 0.2) is 0 Å². The molecule has 2 rings (SSSR count). The lowest BCUT2D eigenvalue weighted by atomic mass is 9.85. The van der Waals surface area contributed by atoms with Crippen molar-refractivity contribution in [1.29, 1.82) is 0 Å². The zero-order valence-electron chi connectivity index (χ0n) is 12.6. The molecule has 6 heteroatoms. The number of nitrogens with zero attached hydrogens (tertiary/aromatic N) is 2. The third-order valence-electron chi connectivity index (χ3n) is 3.77. The number of rotatable bonds is 9. The number of ether oxygens (including phenoxy) is 1. The fraction of sp³-hybridized carbons (Fsp3) is 0.733. The molecule has 0 bridgehead atoms. The van der Waals surface area contributed by atoms with Gasteiger partial charge in [-0.2, -0.15) is 5.10 Å². The van der Waals surface area contributed by atoms with Crippen molar-refractivity contribution in [2.75, 3.05) is 25.1 Å². The van der Waals surface area contributed by atoms with Gasteiger partial charge in [0.25, 0.3) is 5.56 Å². The van der Waals surface area contributed by atoms with Crippen LogP contribution in [0.3, 0.4) is 0 Å². The van der Waals surface area contributed by atoms with Gasteiger partial charge in [0.05, 0.1) is 11.2 Å². The van der Waals surface area contributed by atoms with Gasteiger partial charge in [0.2, 0.25) is 0 Å². The SMILES string of the molecule is CCCOCCCNc1c(Cl)cnn(CC2CCC2)c1=O. The smallest absolute Gasteiger partial charge is 0.291 e. The molecule has 1 aromatic heterocycles. The molecule has 1 aliphatic carbocycles. The molecule has 1 saturated carbocycles. The molecule has 5 nitrogen and oxygen atoms in total. The number of hydrogen-bond donors (Lipinski definition) is 1. The molecule has 0 radical (unpaired) electrons. The van der Waals surface area contributed by atoms with Gasteiger partial charge in [-0.3, -0.25) is 4.79 Å². The van der Waals surface area contributed by atoms with Crippen LogP contribution >= 0.6 is 11.6 Å². The van der Waals surface area contributed by atoms with Crippen LogP contribution in [0.1, 0.15) is 39.0 Å². The molecule has 0 aliphatic heterocycles. The zero-order chi connectivity index (χ0) is 15.1. The molecule has 118 valence electrons. The average Bonchev–Trinajstić information content (AvgIpc) is 2.43. The van der Waals surface area contributed by atoms with E-state index in [9.17, 15) is 4.79 Å². The number of halogens is 1. The maximum absolute atomic E-state index is 12.4. The second-order valence-electron chi connectivity index (χ2n) is 5.54. The standard InChI is InChI=1S/C15H24ClN3O2/c1-2-8-21-9-4-7-17-14-13(16)10-18-19(15(14)20)11-12-5-3-6-12/h10,12,17H,2-9,11H2,1H3. The average molecular weight is 314 g/mol. The van der Waals surface area contributed by atoms with Gasteiger partial charge < -0.3 is 10.1 Å². The maximum Gasteiger partial charge on any atom is 0.291 e. The minimum atomic E-state index is -0.121. The highest BCUT2D eigenvalue weighted by molar-refractivity contribution is 6.32. The van der Waals surface area contributed by atoms with Crippen LogP contribution in [0.25, 0.3) is 0 Å². The summed E-state index contributed by atoms with van der Waals surface area (Å²) in [5.41, 5.74) is 0.338. The Kier molecular flexibility index (Phi) is 6.51. The van der Waals surface area contributed by atoms with E-state index in [0.717, 1.165) is 19.4 Å². The van der Waals surface area contributed by atoms with E-state index in [1.807, 2.05) is 0 Å². The molecule has 0 spiro atoms. The summed E-state index contributed by atoms with van der Waals surface area (Å²) in [4.78, 5) is 12.4. The van der Waals surface area contributed by atoms with Crippen LogP contribution in [0.2, 0.25) is 5.02 Å². The number of anilines is 1. The van der Waals surface area contributed by atoms with Gasteiger partial charge in [0.1, 0.15) is 5.69 Å². The van der Waals surface area contributed by atoms with E-state index < -0.39 is 0 Å². The Hall–Kier alpha value is -1.07. The number of aromatic nitrogens is 2. The van der Waals surface area contributed by atoms with E-state index in [1.165, 1.54) is 23.9 Å². The van der Waals surface area contributed by atoms with E-state index in [1.54, 1.807) is 6.20 Å². The summed E-state index contributed by atoms with van der Waals surface area (Å²) in [6, 6.07) is 0. The third-order valence-corrected chi connectivity index (χ3v) is 4.06. The Morgan fingerprint density at radius 1 is 1.48 bits per heavy atom. The summed E-state index contributed by atoms with van der Waals surface area (Å²) < 4.78 is 6.94. The lowest BCUT2D eigenvalue weighted by Gasteiger charge is -2.25. The van der Waals surface area contributed by atoms with Crippen molar-refractivity contribution < 1.29 is 4.74 Å². The van der Waals surface area contributed by atoms with Crippen LogP contribution in [-0.4, -0.2) is 29.5 Å². The summed E-state index contributed by atoms with van der Waals surface area (Å²) >= 11 is 6.08. The molecule has 0 atom stereocenters. The van der Waals surface area contributed by atoms with E-state index in [-0.39, 0.29) is 5.56 Å². The van der Waals surface area contributed by atoms with Crippen molar-refractivity contribution in [3.63, 3.8) is 0 Å². The summed E-state index contributed by atoms with van der Waals surface area (Å²) in [6.45, 7) is 4.93. The van der Waals surface area contributed by atoms with Gasteiger partial charge in [-0.05, 0) is 31.6 Å². The lowest BCUT2D eigenvalue weighted by Crippen LogP contribution is -2.31. The number of hydrogen-bond acceptors (Lipinski definition) is 4. The van der Waals surface area contributed by atoms with Crippen LogP contribution in [0.15, 0.2) is 11.0 Å². The first kappa shape index (κ1) is 16.3. The molecular formula is C15H24ClN3O2. The van der Waals surface area contributed by atoms with Crippen molar-refractivity contribution in [1.82, 2.24) is 9.78 Å². The summed E-state index contributed by atoms with van der Waals surface area (Å²) in [6.07, 6.45) is 7.06. The third kappa shape index (κ3) is 4.71. The van der Waals surface area contributed by atoms with Crippen molar-refractivity contribution in [3.05, 3.63) is 21.6 Å². The highest BCUT2D eigenvalue weighted by Crippen LogP contribution is 2.27. The molecule has 0 amide bonds. The largest absolute Gasteiger partial charge is 0.381 e. The molecule has 0 aromatic carbocycles. The van der Waals surface area contributed by atoms with Crippen molar-refractivity contribution in [2.24, 2.45) is 5.92 Å². The Labute approximate surface area is 130 Å². The summed E-state index contributed by atoms with van der Waals surface area (Å²) in [7, 11) is 0. The molecule has 1 fully saturated rings. The summed E-state index contributed by atoms with van der Waals surface area (Å²) in [5, 5.41) is 7.65. The monoisotopic (exact) mass is 313 g/mol. The van der Waals surface area contributed by atoms with Gasteiger partial charge in [-0.25, -0.2) is 4.68 Å². The lowest BCUT2D eigenvalue weighted by molar-refractivity contribution is 0.134.